The van der Waals surface area contributed by atoms with Gasteiger partial charge < -0.3 is 20.1 Å². The highest BCUT2D eigenvalue weighted by atomic mass is 16.6. The summed E-state index contributed by atoms with van der Waals surface area (Å²) in [5.41, 5.74) is -0.0306. The molecule has 0 aromatic carbocycles. The maximum Gasteiger partial charge on any atom is 0.407 e. The van der Waals surface area contributed by atoms with Crippen LogP contribution in [0.4, 0.5) is 9.59 Å². The molecule has 0 radical (unpaired) electrons. The molecule has 12 aliphatic carbocycles. The van der Waals surface area contributed by atoms with Gasteiger partial charge in [0.1, 0.15) is 11.2 Å². The number of hydrogen-bond acceptors (Lipinski definition) is 4. The SMILES string of the molecule is O=C(NCC12CC3CC(C1)CC(CNC(=O)OC14CC5CC(CC(C5)C1)C4)(C3)C2)OC12CC3CC(CC(C3)C1)C2. The molecule has 6 nitrogen and oxygen atoms in total. The first-order valence-electron chi connectivity index (χ1n) is 17.2. The highest BCUT2D eigenvalue weighted by Gasteiger charge is 2.59. The molecule has 0 saturated heterocycles. The molecule has 12 fully saturated rings. The third-order valence-electron chi connectivity index (χ3n) is 14.1. The van der Waals surface area contributed by atoms with Crippen molar-refractivity contribution < 1.29 is 19.1 Å². The van der Waals surface area contributed by atoms with E-state index < -0.39 is 0 Å². The molecule has 0 aromatic rings. The molecular formula is C34H50N2O4. The van der Waals surface area contributed by atoms with Crippen LogP contribution < -0.4 is 10.6 Å². The van der Waals surface area contributed by atoms with Gasteiger partial charge in [-0.2, -0.15) is 0 Å². The summed E-state index contributed by atoms with van der Waals surface area (Å²) in [7, 11) is 0. The average molecular weight is 551 g/mol. The molecule has 12 saturated carbocycles. The molecule has 0 aliphatic heterocycles. The van der Waals surface area contributed by atoms with Crippen molar-refractivity contribution in [3.63, 3.8) is 0 Å². The highest BCUT2D eigenvalue weighted by molar-refractivity contribution is 5.68. The van der Waals surface area contributed by atoms with Crippen molar-refractivity contribution in [3.8, 4) is 0 Å². The van der Waals surface area contributed by atoms with Crippen molar-refractivity contribution in [3.05, 3.63) is 0 Å². The van der Waals surface area contributed by atoms with E-state index in [1.807, 2.05) is 0 Å². The van der Waals surface area contributed by atoms with Crippen molar-refractivity contribution >= 4 is 12.2 Å². The van der Waals surface area contributed by atoms with Gasteiger partial charge in [0.25, 0.3) is 0 Å². The van der Waals surface area contributed by atoms with Gasteiger partial charge in [0.2, 0.25) is 0 Å². The monoisotopic (exact) mass is 550 g/mol. The topological polar surface area (TPSA) is 76.7 Å². The fourth-order valence-corrected chi connectivity index (χ4v) is 14.4. The first-order valence-corrected chi connectivity index (χ1v) is 17.2. The Morgan fingerprint density at radius 3 is 1.10 bits per heavy atom. The summed E-state index contributed by atoms with van der Waals surface area (Å²) in [4.78, 5) is 26.4. The number of carbonyl (C=O) groups is 2. The number of nitrogens with one attached hydrogen (secondary N) is 2. The normalized spacial score (nSPS) is 54.0. The standard InChI is InChI=1S/C34H50N2O4/c37-29(39-33-12-21-1-22(13-33)3-23(2-21)14-33)35-19-31-8-27-7-28(9-31)11-32(10-27,18-31)20-36-30(38)40-34-15-24-4-25(16-34)6-26(5-24)17-34/h21-28H,1-20H2,(H,35,37)(H,36,38). The van der Waals surface area contributed by atoms with E-state index in [9.17, 15) is 9.59 Å². The first kappa shape index (κ1) is 25.1. The Morgan fingerprint density at radius 1 is 0.475 bits per heavy atom. The number of alkyl carbamates (subject to hydrolysis) is 2. The van der Waals surface area contributed by atoms with E-state index in [4.69, 9.17) is 9.47 Å². The molecule has 0 heterocycles. The lowest BCUT2D eigenvalue weighted by Gasteiger charge is -2.62. The van der Waals surface area contributed by atoms with Crippen molar-refractivity contribution in [2.24, 2.45) is 58.2 Å². The fraction of sp³-hybridized carbons (Fsp3) is 0.941. The molecule has 12 aliphatic rings. The van der Waals surface area contributed by atoms with E-state index in [0.29, 0.717) is 0 Å². The Kier molecular flexibility index (Phi) is 5.36. The first-order chi connectivity index (χ1) is 19.2. The minimum atomic E-state index is -0.178. The second kappa shape index (κ2) is 8.56. The molecule has 0 spiro atoms. The molecule has 12 rings (SSSR count). The number of rotatable bonds is 6. The maximum atomic E-state index is 13.2. The summed E-state index contributed by atoms with van der Waals surface area (Å²) in [5, 5.41) is 6.62. The van der Waals surface area contributed by atoms with E-state index in [1.54, 1.807) is 0 Å². The quantitative estimate of drug-likeness (QED) is 0.375. The van der Waals surface area contributed by atoms with Gasteiger partial charge >= 0.3 is 12.2 Å². The van der Waals surface area contributed by atoms with E-state index in [1.165, 1.54) is 70.6 Å². The highest BCUT2D eigenvalue weighted by Crippen LogP contribution is 2.65. The Labute approximate surface area is 239 Å². The summed E-state index contributed by atoms with van der Waals surface area (Å²) in [5.74, 6) is 6.14. The van der Waals surface area contributed by atoms with Crippen LogP contribution in [0.1, 0.15) is 116 Å². The van der Waals surface area contributed by atoms with Crippen LogP contribution in [0.2, 0.25) is 0 Å². The molecule has 0 atom stereocenters. The van der Waals surface area contributed by atoms with Crippen molar-refractivity contribution in [2.75, 3.05) is 13.1 Å². The molecule has 6 heteroatoms. The maximum absolute atomic E-state index is 13.2. The Bertz CT molecular complexity index is 919. The van der Waals surface area contributed by atoms with E-state index >= 15 is 0 Å². The van der Waals surface area contributed by atoms with Crippen LogP contribution in [0, 0.1) is 58.2 Å². The van der Waals surface area contributed by atoms with Crippen molar-refractivity contribution in [1.29, 1.82) is 0 Å². The third kappa shape index (κ3) is 4.22. The number of hydrogen-bond donors (Lipinski definition) is 2. The molecule has 12 bridgehead atoms. The van der Waals surface area contributed by atoms with Crippen LogP contribution in [-0.2, 0) is 9.47 Å². The zero-order chi connectivity index (χ0) is 26.7. The van der Waals surface area contributed by atoms with Crippen LogP contribution in [0.15, 0.2) is 0 Å². The van der Waals surface area contributed by atoms with Gasteiger partial charge in [-0.05, 0) is 174 Å². The zero-order valence-corrected chi connectivity index (χ0v) is 24.4. The minimum absolute atomic E-state index is 0.163. The summed E-state index contributed by atoms with van der Waals surface area (Å²) < 4.78 is 12.6. The lowest BCUT2D eigenvalue weighted by atomic mass is 9.44. The fourth-order valence-electron chi connectivity index (χ4n) is 14.4. The number of carbonyl (C=O) groups excluding carboxylic acids is 2. The van der Waals surface area contributed by atoms with E-state index in [0.717, 1.165) is 105 Å². The minimum Gasteiger partial charge on any atom is -0.443 e. The molecular weight excluding hydrogens is 500 g/mol. The molecule has 220 valence electrons. The van der Waals surface area contributed by atoms with Crippen LogP contribution in [0.3, 0.4) is 0 Å². The molecule has 0 unspecified atom stereocenters. The Balaban J connectivity index is 0.826. The smallest absolute Gasteiger partial charge is 0.407 e. The summed E-state index contributed by atoms with van der Waals surface area (Å²) in [6.45, 7) is 1.48. The Hall–Kier alpha value is -1.46. The Morgan fingerprint density at radius 2 is 0.775 bits per heavy atom. The molecule has 2 amide bonds. The summed E-state index contributed by atoms with van der Waals surface area (Å²) >= 11 is 0. The van der Waals surface area contributed by atoms with Crippen molar-refractivity contribution in [1.82, 2.24) is 10.6 Å². The lowest BCUT2D eigenvalue weighted by molar-refractivity contribution is -0.132. The summed E-state index contributed by atoms with van der Waals surface area (Å²) in [6.07, 6.45) is 21.8. The van der Waals surface area contributed by atoms with Crippen LogP contribution >= 0.6 is 0 Å². The third-order valence-corrected chi connectivity index (χ3v) is 14.1. The van der Waals surface area contributed by atoms with Crippen LogP contribution in [0.25, 0.3) is 0 Å². The predicted octanol–water partition coefficient (Wildman–Crippen LogP) is 6.96. The van der Waals surface area contributed by atoms with Gasteiger partial charge in [0, 0.05) is 13.1 Å². The number of ether oxygens (including phenoxy) is 2. The van der Waals surface area contributed by atoms with Gasteiger partial charge in [-0.25, -0.2) is 9.59 Å². The molecule has 40 heavy (non-hydrogen) atoms. The number of amides is 2. The zero-order valence-electron chi connectivity index (χ0n) is 24.4. The lowest BCUT2D eigenvalue weighted by Crippen LogP contribution is -2.59. The largest absolute Gasteiger partial charge is 0.443 e. The molecule has 2 N–H and O–H groups in total. The van der Waals surface area contributed by atoms with Gasteiger partial charge in [-0.1, -0.05) is 0 Å². The average Bonchev–Trinajstić information content (AvgIpc) is 2.84. The second-order valence-electron chi connectivity index (χ2n) is 17.6. The van der Waals surface area contributed by atoms with Crippen LogP contribution in [0.5, 0.6) is 0 Å². The summed E-state index contributed by atoms with van der Waals surface area (Å²) in [6, 6.07) is 0. The second-order valence-corrected chi connectivity index (χ2v) is 17.6. The van der Waals surface area contributed by atoms with Gasteiger partial charge in [-0.3, -0.25) is 0 Å². The van der Waals surface area contributed by atoms with Gasteiger partial charge in [0.05, 0.1) is 0 Å². The van der Waals surface area contributed by atoms with Crippen molar-refractivity contribution in [2.45, 2.75) is 127 Å². The van der Waals surface area contributed by atoms with Gasteiger partial charge in [0.15, 0.2) is 0 Å². The predicted molar refractivity (Wildman–Crippen MR) is 150 cm³/mol. The van der Waals surface area contributed by atoms with E-state index in [2.05, 4.69) is 10.6 Å². The van der Waals surface area contributed by atoms with Crippen LogP contribution in [-0.4, -0.2) is 36.5 Å². The van der Waals surface area contributed by atoms with E-state index in [-0.39, 0.29) is 34.2 Å². The molecule has 0 aromatic heterocycles. The van der Waals surface area contributed by atoms with Gasteiger partial charge in [-0.15, -0.1) is 0 Å².